The lowest BCUT2D eigenvalue weighted by Gasteiger charge is -2.24. The number of carbonyl (C=O) groups is 2. The lowest BCUT2D eigenvalue weighted by molar-refractivity contribution is -0.140. The van der Waals surface area contributed by atoms with Gasteiger partial charge in [0, 0.05) is 5.56 Å². The molecule has 1 saturated heterocycles. The summed E-state index contributed by atoms with van der Waals surface area (Å²) in [6.45, 7) is 0.0909. The van der Waals surface area contributed by atoms with E-state index >= 15 is 0 Å². The van der Waals surface area contributed by atoms with Gasteiger partial charge in [-0.05, 0) is 54.1 Å². The summed E-state index contributed by atoms with van der Waals surface area (Å²) in [7, 11) is 3.10. The molecule has 0 radical (unpaired) electrons. The predicted octanol–water partition coefficient (Wildman–Crippen LogP) is 3.92. The molecule has 0 spiro atoms. The molecule has 158 valence electrons. The van der Waals surface area contributed by atoms with Gasteiger partial charge in [0.1, 0.15) is 23.0 Å². The van der Waals surface area contributed by atoms with E-state index in [1.807, 2.05) is 0 Å². The van der Waals surface area contributed by atoms with Crippen molar-refractivity contribution in [2.75, 3.05) is 14.2 Å². The third-order valence-electron chi connectivity index (χ3n) is 5.24. The number of hydrogen-bond donors (Lipinski definition) is 1. The first kappa shape index (κ1) is 20.3. The minimum absolute atomic E-state index is 0.0203. The molecule has 1 N–H and O–H groups in total. The highest BCUT2D eigenvalue weighted by atomic mass is 16.5. The summed E-state index contributed by atoms with van der Waals surface area (Å²) >= 11 is 0. The normalized spacial score (nSPS) is 17.7. The second kappa shape index (κ2) is 8.39. The topological polar surface area (TPSA) is 89.2 Å². The van der Waals surface area contributed by atoms with Crippen molar-refractivity contribution in [1.82, 2.24) is 4.90 Å². The molecule has 1 atom stereocenters. The fourth-order valence-electron chi connectivity index (χ4n) is 3.65. The number of amides is 1. The second-order valence-electron chi connectivity index (χ2n) is 7.01. The maximum atomic E-state index is 13.0. The summed E-state index contributed by atoms with van der Waals surface area (Å²) < 4.78 is 15.8. The molecule has 0 unspecified atom stereocenters. The Labute approximate surface area is 179 Å². The lowest BCUT2D eigenvalue weighted by Crippen LogP contribution is -2.29. The van der Waals surface area contributed by atoms with Crippen LogP contribution in [-0.4, -0.2) is 35.9 Å². The first-order valence-corrected chi connectivity index (χ1v) is 9.62. The molecule has 4 rings (SSSR count). The minimum Gasteiger partial charge on any atom is -0.507 e. The van der Waals surface area contributed by atoms with Crippen LogP contribution in [0, 0.1) is 0 Å². The number of likely N-dealkylation sites (tertiary alicyclic amines) is 1. The van der Waals surface area contributed by atoms with Crippen LogP contribution in [0.15, 0.2) is 76.9 Å². The zero-order chi connectivity index (χ0) is 22.0. The van der Waals surface area contributed by atoms with E-state index < -0.39 is 17.7 Å². The van der Waals surface area contributed by atoms with Gasteiger partial charge in [0.25, 0.3) is 11.7 Å². The van der Waals surface area contributed by atoms with Gasteiger partial charge in [-0.15, -0.1) is 0 Å². The third-order valence-corrected chi connectivity index (χ3v) is 5.24. The first-order chi connectivity index (χ1) is 15.0. The van der Waals surface area contributed by atoms with Crippen molar-refractivity contribution in [2.24, 2.45) is 0 Å². The van der Waals surface area contributed by atoms with Gasteiger partial charge in [-0.3, -0.25) is 9.59 Å². The number of hydrogen-bond acceptors (Lipinski definition) is 6. The summed E-state index contributed by atoms with van der Waals surface area (Å²) in [5.74, 6) is 0.0880. The molecule has 2 heterocycles. The Morgan fingerprint density at radius 1 is 0.968 bits per heavy atom. The van der Waals surface area contributed by atoms with Crippen molar-refractivity contribution in [3.63, 3.8) is 0 Å². The zero-order valence-electron chi connectivity index (χ0n) is 17.1. The number of carbonyl (C=O) groups excluding carboxylic acids is 2. The lowest BCUT2D eigenvalue weighted by atomic mass is 9.95. The summed E-state index contributed by atoms with van der Waals surface area (Å²) in [4.78, 5) is 27.3. The van der Waals surface area contributed by atoms with Crippen molar-refractivity contribution < 1.29 is 28.6 Å². The summed E-state index contributed by atoms with van der Waals surface area (Å²) in [5, 5.41) is 11.0. The van der Waals surface area contributed by atoms with Gasteiger partial charge in [0.05, 0.1) is 38.6 Å². The van der Waals surface area contributed by atoms with Gasteiger partial charge < -0.3 is 23.9 Å². The van der Waals surface area contributed by atoms with Gasteiger partial charge in [-0.25, -0.2) is 0 Å². The van der Waals surface area contributed by atoms with E-state index in [2.05, 4.69) is 0 Å². The van der Waals surface area contributed by atoms with Crippen LogP contribution in [0.3, 0.4) is 0 Å². The highest BCUT2D eigenvalue weighted by Crippen LogP contribution is 2.40. The average molecular weight is 419 g/mol. The Morgan fingerprint density at radius 2 is 1.58 bits per heavy atom. The number of aliphatic hydroxyl groups excluding tert-OH is 1. The van der Waals surface area contributed by atoms with Gasteiger partial charge >= 0.3 is 0 Å². The molecule has 1 aliphatic rings. The highest BCUT2D eigenvalue weighted by molar-refractivity contribution is 6.46. The van der Waals surface area contributed by atoms with Crippen LogP contribution in [0.1, 0.15) is 22.9 Å². The molecule has 0 aliphatic carbocycles. The molecular weight excluding hydrogens is 398 g/mol. The van der Waals surface area contributed by atoms with E-state index in [1.165, 1.54) is 11.2 Å². The standard InChI is InChI=1S/C24H21NO6/c1-29-17-9-5-15(6-10-17)21-20(22(26)16-7-11-18(30-2)12-8-16)23(27)24(28)25(21)14-19-4-3-13-31-19/h3-13,21,26H,14H2,1-2H3/b22-20+/t21-/m0/s1. The average Bonchev–Trinajstić information content (AvgIpc) is 3.41. The van der Waals surface area contributed by atoms with Gasteiger partial charge in [-0.1, -0.05) is 12.1 Å². The Bertz CT molecular complexity index is 1110. The van der Waals surface area contributed by atoms with Crippen LogP contribution in [0.4, 0.5) is 0 Å². The molecule has 1 fully saturated rings. The molecule has 7 heteroatoms. The highest BCUT2D eigenvalue weighted by Gasteiger charge is 2.46. The summed E-state index contributed by atoms with van der Waals surface area (Å²) in [5.41, 5.74) is 1.10. The number of ether oxygens (including phenoxy) is 2. The number of ketones is 1. The Balaban J connectivity index is 1.83. The number of nitrogens with zero attached hydrogens (tertiary/aromatic N) is 1. The fraction of sp³-hybridized carbons (Fsp3) is 0.167. The fourth-order valence-corrected chi connectivity index (χ4v) is 3.65. The van der Waals surface area contributed by atoms with Gasteiger partial charge in [0.2, 0.25) is 0 Å². The van der Waals surface area contributed by atoms with Crippen molar-refractivity contribution in [2.45, 2.75) is 12.6 Å². The van der Waals surface area contributed by atoms with E-state index in [-0.39, 0.29) is 17.9 Å². The summed E-state index contributed by atoms with van der Waals surface area (Å²) in [6.07, 6.45) is 1.51. The molecule has 1 aliphatic heterocycles. The number of methoxy groups -OCH3 is 2. The molecule has 1 aromatic heterocycles. The van der Waals surface area contributed by atoms with Crippen LogP contribution < -0.4 is 9.47 Å². The van der Waals surface area contributed by atoms with Crippen LogP contribution in [0.2, 0.25) is 0 Å². The number of furan rings is 1. The van der Waals surface area contributed by atoms with E-state index in [1.54, 1.807) is 74.9 Å². The van der Waals surface area contributed by atoms with E-state index in [0.29, 0.717) is 28.4 Å². The number of benzene rings is 2. The predicted molar refractivity (Wildman–Crippen MR) is 113 cm³/mol. The number of rotatable bonds is 6. The molecule has 2 aromatic carbocycles. The second-order valence-corrected chi connectivity index (χ2v) is 7.01. The Kier molecular flexibility index (Phi) is 5.49. The van der Waals surface area contributed by atoms with Gasteiger partial charge in [-0.2, -0.15) is 0 Å². The minimum atomic E-state index is -0.780. The molecule has 3 aromatic rings. The largest absolute Gasteiger partial charge is 0.507 e. The van der Waals surface area contributed by atoms with E-state index in [4.69, 9.17) is 13.9 Å². The molecule has 7 nitrogen and oxygen atoms in total. The van der Waals surface area contributed by atoms with Crippen LogP contribution in [0.25, 0.3) is 5.76 Å². The SMILES string of the molecule is COc1ccc(/C(O)=C2\C(=O)C(=O)N(Cc3ccco3)[C@H]2c2ccc(OC)cc2)cc1. The maximum absolute atomic E-state index is 13.0. The van der Waals surface area contributed by atoms with Crippen LogP contribution in [-0.2, 0) is 16.1 Å². The van der Waals surface area contributed by atoms with E-state index in [0.717, 1.165) is 0 Å². The molecule has 0 bridgehead atoms. The number of aliphatic hydroxyl groups is 1. The van der Waals surface area contributed by atoms with Gasteiger partial charge in [0.15, 0.2) is 0 Å². The monoisotopic (exact) mass is 419 g/mol. The summed E-state index contributed by atoms with van der Waals surface area (Å²) in [6, 6.07) is 16.3. The van der Waals surface area contributed by atoms with Crippen molar-refractivity contribution >= 4 is 17.4 Å². The maximum Gasteiger partial charge on any atom is 0.296 e. The first-order valence-electron chi connectivity index (χ1n) is 9.62. The van der Waals surface area contributed by atoms with Crippen LogP contribution >= 0.6 is 0 Å². The van der Waals surface area contributed by atoms with Crippen molar-refractivity contribution in [1.29, 1.82) is 0 Å². The van der Waals surface area contributed by atoms with Crippen molar-refractivity contribution in [3.8, 4) is 11.5 Å². The third kappa shape index (κ3) is 3.77. The Morgan fingerprint density at radius 3 is 2.13 bits per heavy atom. The number of Topliss-reactive ketones (excluding diaryl/α,β-unsaturated/α-hetero) is 1. The van der Waals surface area contributed by atoms with Crippen LogP contribution in [0.5, 0.6) is 11.5 Å². The zero-order valence-corrected chi connectivity index (χ0v) is 17.1. The molecule has 31 heavy (non-hydrogen) atoms. The van der Waals surface area contributed by atoms with E-state index in [9.17, 15) is 14.7 Å². The molecular formula is C24H21NO6. The molecule has 1 amide bonds. The Hall–Kier alpha value is -4.00. The smallest absolute Gasteiger partial charge is 0.296 e. The molecule has 0 saturated carbocycles. The quantitative estimate of drug-likeness (QED) is 0.370. The van der Waals surface area contributed by atoms with Crippen molar-refractivity contribution in [3.05, 3.63) is 89.4 Å².